The maximum absolute atomic E-state index is 12.4. The molecule has 6 nitrogen and oxygen atoms in total. The molecule has 1 heterocycles. The number of rotatable bonds is 5. The zero-order valence-electron chi connectivity index (χ0n) is 13.9. The standard InChI is InChI=1S/C16H25N3O3S/c1-13-4-6-15(7-5-13)17-23(21,22)12-14(2)16(20)19-10-8-18(3)9-11-19/h4-7,14,17H,8-12H2,1-3H3. The van der Waals surface area contributed by atoms with Crippen molar-refractivity contribution in [3.63, 3.8) is 0 Å². The van der Waals surface area contributed by atoms with Crippen molar-refractivity contribution in [2.75, 3.05) is 43.7 Å². The number of sulfonamides is 1. The summed E-state index contributed by atoms with van der Waals surface area (Å²) in [4.78, 5) is 16.3. The molecular weight excluding hydrogens is 314 g/mol. The molecule has 7 heteroatoms. The van der Waals surface area contributed by atoms with Crippen molar-refractivity contribution in [1.29, 1.82) is 0 Å². The Labute approximate surface area is 138 Å². The van der Waals surface area contributed by atoms with Gasteiger partial charge < -0.3 is 9.80 Å². The van der Waals surface area contributed by atoms with Crippen LogP contribution in [0.1, 0.15) is 12.5 Å². The maximum atomic E-state index is 12.4. The molecule has 1 aliphatic heterocycles. The van der Waals surface area contributed by atoms with Crippen LogP contribution < -0.4 is 4.72 Å². The number of nitrogens with zero attached hydrogens (tertiary/aromatic N) is 2. The highest BCUT2D eigenvalue weighted by Gasteiger charge is 2.27. The summed E-state index contributed by atoms with van der Waals surface area (Å²) >= 11 is 0. The van der Waals surface area contributed by atoms with Gasteiger partial charge in [-0.1, -0.05) is 24.6 Å². The third kappa shape index (κ3) is 5.21. The minimum absolute atomic E-state index is 0.0904. The molecule has 1 amide bonds. The summed E-state index contributed by atoms with van der Waals surface area (Å²) in [5, 5.41) is 0. The number of carbonyl (C=O) groups is 1. The van der Waals surface area contributed by atoms with Gasteiger partial charge in [0.15, 0.2) is 0 Å². The molecule has 1 saturated heterocycles. The fraction of sp³-hybridized carbons (Fsp3) is 0.562. The van der Waals surface area contributed by atoms with Crippen molar-refractivity contribution >= 4 is 21.6 Å². The molecule has 0 radical (unpaired) electrons. The second-order valence-corrected chi connectivity index (χ2v) is 8.05. The van der Waals surface area contributed by atoms with E-state index in [2.05, 4.69) is 9.62 Å². The first-order valence-corrected chi connectivity index (χ1v) is 9.46. The number of anilines is 1. The van der Waals surface area contributed by atoms with Crippen molar-refractivity contribution in [3.05, 3.63) is 29.8 Å². The van der Waals surface area contributed by atoms with E-state index in [1.54, 1.807) is 24.0 Å². The second kappa shape index (κ2) is 7.31. The zero-order chi connectivity index (χ0) is 17.0. The van der Waals surface area contributed by atoms with E-state index in [1.165, 1.54) is 0 Å². The molecule has 0 aliphatic carbocycles. The highest BCUT2D eigenvalue weighted by molar-refractivity contribution is 7.92. The average Bonchev–Trinajstić information content (AvgIpc) is 2.49. The highest BCUT2D eigenvalue weighted by Crippen LogP contribution is 2.14. The summed E-state index contributed by atoms with van der Waals surface area (Å²) in [5.74, 6) is -0.847. The second-order valence-electron chi connectivity index (χ2n) is 6.28. The van der Waals surface area contributed by atoms with E-state index < -0.39 is 15.9 Å². The molecule has 0 aromatic heterocycles. The summed E-state index contributed by atoms with van der Waals surface area (Å²) in [7, 11) is -1.53. The van der Waals surface area contributed by atoms with E-state index in [-0.39, 0.29) is 11.7 Å². The molecule has 1 aromatic rings. The summed E-state index contributed by atoms with van der Waals surface area (Å²) in [6, 6.07) is 7.13. The molecule has 0 spiro atoms. The Morgan fingerprint density at radius 2 is 1.74 bits per heavy atom. The molecule has 23 heavy (non-hydrogen) atoms. The lowest BCUT2D eigenvalue weighted by Gasteiger charge is -2.33. The van der Waals surface area contributed by atoms with Crippen LogP contribution in [0, 0.1) is 12.8 Å². The van der Waals surface area contributed by atoms with Crippen molar-refractivity contribution in [2.45, 2.75) is 13.8 Å². The maximum Gasteiger partial charge on any atom is 0.233 e. The first-order chi connectivity index (χ1) is 10.8. The third-order valence-corrected chi connectivity index (χ3v) is 5.52. The molecule has 1 atom stereocenters. The van der Waals surface area contributed by atoms with E-state index in [0.29, 0.717) is 18.8 Å². The Hall–Kier alpha value is -1.60. The molecule has 1 aliphatic rings. The summed E-state index contributed by atoms with van der Waals surface area (Å²) in [6.45, 7) is 6.58. The van der Waals surface area contributed by atoms with Crippen LogP contribution in [0.4, 0.5) is 5.69 Å². The van der Waals surface area contributed by atoms with E-state index in [4.69, 9.17) is 0 Å². The lowest BCUT2D eigenvalue weighted by molar-refractivity contribution is -0.135. The van der Waals surface area contributed by atoms with Crippen LogP contribution >= 0.6 is 0 Å². The quantitative estimate of drug-likeness (QED) is 0.874. The van der Waals surface area contributed by atoms with Gasteiger partial charge in [-0.3, -0.25) is 9.52 Å². The largest absolute Gasteiger partial charge is 0.340 e. The van der Waals surface area contributed by atoms with E-state index in [1.807, 2.05) is 26.1 Å². The molecule has 128 valence electrons. The van der Waals surface area contributed by atoms with Crippen LogP contribution in [0.25, 0.3) is 0 Å². The Balaban J connectivity index is 1.93. The van der Waals surface area contributed by atoms with Gasteiger partial charge in [-0.25, -0.2) is 8.42 Å². The lowest BCUT2D eigenvalue weighted by Crippen LogP contribution is -2.49. The minimum atomic E-state index is -3.55. The first kappa shape index (κ1) is 17.7. The molecule has 2 rings (SSSR count). The molecule has 1 aromatic carbocycles. The van der Waals surface area contributed by atoms with Gasteiger partial charge in [-0.2, -0.15) is 0 Å². The van der Waals surface area contributed by atoms with Crippen LogP contribution in [-0.2, 0) is 14.8 Å². The number of carbonyl (C=O) groups excluding carboxylic acids is 1. The smallest absolute Gasteiger partial charge is 0.233 e. The molecular formula is C16H25N3O3S. The fourth-order valence-corrected chi connectivity index (χ4v) is 3.96. The Morgan fingerprint density at radius 3 is 2.30 bits per heavy atom. The van der Waals surface area contributed by atoms with Gasteiger partial charge in [0.25, 0.3) is 0 Å². The van der Waals surface area contributed by atoms with Crippen LogP contribution in [0.3, 0.4) is 0 Å². The molecule has 1 N–H and O–H groups in total. The predicted molar refractivity (Wildman–Crippen MR) is 91.8 cm³/mol. The average molecular weight is 339 g/mol. The van der Waals surface area contributed by atoms with Gasteiger partial charge in [0.2, 0.25) is 15.9 Å². The topological polar surface area (TPSA) is 69.7 Å². The normalized spacial score (nSPS) is 17.8. The SMILES string of the molecule is Cc1ccc(NS(=O)(=O)CC(C)C(=O)N2CCN(C)CC2)cc1. The van der Waals surface area contributed by atoms with Crippen LogP contribution in [-0.4, -0.2) is 63.1 Å². The van der Waals surface area contributed by atoms with Crippen LogP contribution in [0.15, 0.2) is 24.3 Å². The molecule has 0 saturated carbocycles. The van der Waals surface area contributed by atoms with Gasteiger partial charge >= 0.3 is 0 Å². The summed E-state index contributed by atoms with van der Waals surface area (Å²) < 4.78 is 27.0. The molecule has 0 bridgehead atoms. The fourth-order valence-electron chi connectivity index (χ4n) is 2.58. The van der Waals surface area contributed by atoms with Crippen molar-refractivity contribution in [2.24, 2.45) is 5.92 Å². The first-order valence-electron chi connectivity index (χ1n) is 7.81. The summed E-state index contributed by atoms with van der Waals surface area (Å²) in [6.07, 6.45) is 0. The number of nitrogens with one attached hydrogen (secondary N) is 1. The molecule has 1 unspecified atom stereocenters. The Bertz CT molecular complexity index is 635. The number of hydrogen-bond donors (Lipinski definition) is 1. The number of piperazine rings is 1. The Morgan fingerprint density at radius 1 is 1.17 bits per heavy atom. The Kier molecular flexibility index (Phi) is 5.64. The number of hydrogen-bond acceptors (Lipinski definition) is 4. The monoisotopic (exact) mass is 339 g/mol. The van der Waals surface area contributed by atoms with Gasteiger partial charge in [0.1, 0.15) is 0 Å². The van der Waals surface area contributed by atoms with E-state index in [9.17, 15) is 13.2 Å². The van der Waals surface area contributed by atoms with Gasteiger partial charge in [-0.15, -0.1) is 0 Å². The molecule has 1 fully saturated rings. The number of benzene rings is 1. The van der Waals surface area contributed by atoms with Crippen LogP contribution in [0.5, 0.6) is 0 Å². The van der Waals surface area contributed by atoms with Crippen LogP contribution in [0.2, 0.25) is 0 Å². The number of amides is 1. The van der Waals surface area contributed by atoms with Gasteiger partial charge in [0.05, 0.1) is 11.7 Å². The zero-order valence-corrected chi connectivity index (χ0v) is 14.8. The third-order valence-electron chi connectivity index (χ3n) is 4.03. The van der Waals surface area contributed by atoms with Crippen molar-refractivity contribution < 1.29 is 13.2 Å². The predicted octanol–water partition coefficient (Wildman–Crippen LogP) is 1.15. The highest BCUT2D eigenvalue weighted by atomic mass is 32.2. The number of aryl methyl sites for hydroxylation is 1. The van der Waals surface area contributed by atoms with E-state index >= 15 is 0 Å². The van der Waals surface area contributed by atoms with Gasteiger partial charge in [-0.05, 0) is 26.1 Å². The van der Waals surface area contributed by atoms with Gasteiger partial charge in [0, 0.05) is 31.9 Å². The van der Waals surface area contributed by atoms with E-state index in [0.717, 1.165) is 18.7 Å². The minimum Gasteiger partial charge on any atom is -0.340 e. The van der Waals surface area contributed by atoms with Crippen molar-refractivity contribution in [3.8, 4) is 0 Å². The number of likely N-dealkylation sites (N-methyl/N-ethyl adjacent to an activating group) is 1. The lowest BCUT2D eigenvalue weighted by atomic mass is 10.1. The van der Waals surface area contributed by atoms with Crippen molar-refractivity contribution in [1.82, 2.24) is 9.80 Å². The summed E-state index contributed by atoms with van der Waals surface area (Å²) in [5.41, 5.74) is 1.58.